The molecule has 4 nitrogen and oxygen atoms in total. The second kappa shape index (κ2) is 5.80. The molecule has 0 aliphatic carbocycles. The fourth-order valence-corrected chi connectivity index (χ4v) is 3.19. The van der Waals surface area contributed by atoms with E-state index in [1.807, 2.05) is 0 Å². The van der Waals surface area contributed by atoms with Crippen molar-refractivity contribution in [2.45, 2.75) is 39.2 Å². The molecule has 1 N–H and O–H groups in total. The van der Waals surface area contributed by atoms with Crippen molar-refractivity contribution in [1.82, 2.24) is 9.88 Å². The van der Waals surface area contributed by atoms with Gasteiger partial charge < -0.3 is 5.11 Å². The molecule has 2 rings (SSSR count). The number of nitrogens with zero attached hydrogens (tertiary/aromatic N) is 2. The average Bonchev–Trinajstić information content (AvgIpc) is 2.78. The molecule has 0 radical (unpaired) electrons. The highest BCUT2D eigenvalue weighted by Crippen LogP contribution is 2.22. The van der Waals surface area contributed by atoms with Gasteiger partial charge in [0.15, 0.2) is 0 Å². The Balaban J connectivity index is 1.85. The van der Waals surface area contributed by atoms with Crippen molar-refractivity contribution in [2.24, 2.45) is 5.92 Å². The Morgan fingerprint density at radius 2 is 2.22 bits per heavy atom. The summed E-state index contributed by atoms with van der Waals surface area (Å²) < 4.78 is 0. The van der Waals surface area contributed by atoms with Crippen LogP contribution in [0.25, 0.3) is 0 Å². The summed E-state index contributed by atoms with van der Waals surface area (Å²) in [7, 11) is 0. The van der Waals surface area contributed by atoms with Crippen molar-refractivity contribution in [3.8, 4) is 0 Å². The topological polar surface area (TPSA) is 53.4 Å². The summed E-state index contributed by atoms with van der Waals surface area (Å²) in [5.74, 6) is -0.317. The molecule has 0 aromatic carbocycles. The predicted octanol–water partition coefficient (Wildman–Crippen LogP) is 2.56. The summed E-state index contributed by atoms with van der Waals surface area (Å²) in [5, 5.41) is 12.2. The van der Waals surface area contributed by atoms with Gasteiger partial charge in [0.25, 0.3) is 0 Å². The summed E-state index contributed by atoms with van der Waals surface area (Å²) in [4.78, 5) is 17.8. The quantitative estimate of drug-likeness (QED) is 0.912. The number of hydrogen-bond donors (Lipinski definition) is 1. The van der Waals surface area contributed by atoms with Gasteiger partial charge in [-0.2, -0.15) is 0 Å². The summed E-state index contributed by atoms with van der Waals surface area (Å²) in [6, 6.07) is 0. The lowest BCUT2D eigenvalue weighted by Crippen LogP contribution is -2.35. The van der Waals surface area contributed by atoms with E-state index in [9.17, 15) is 4.79 Å². The largest absolute Gasteiger partial charge is 0.481 e. The zero-order chi connectivity index (χ0) is 13.1. The van der Waals surface area contributed by atoms with Gasteiger partial charge in [-0.25, -0.2) is 4.98 Å². The molecule has 2 heterocycles. The van der Waals surface area contributed by atoms with Crippen LogP contribution in [0.3, 0.4) is 0 Å². The van der Waals surface area contributed by atoms with Crippen LogP contribution in [0, 0.1) is 5.92 Å². The van der Waals surface area contributed by atoms with Gasteiger partial charge in [0, 0.05) is 5.38 Å². The van der Waals surface area contributed by atoms with Crippen LogP contribution in [0.5, 0.6) is 0 Å². The zero-order valence-electron chi connectivity index (χ0n) is 10.9. The Morgan fingerprint density at radius 1 is 1.56 bits per heavy atom. The lowest BCUT2D eigenvalue weighted by molar-refractivity contribution is -0.143. The third-order valence-corrected chi connectivity index (χ3v) is 4.31. The number of rotatable bonds is 4. The third-order valence-electron chi connectivity index (χ3n) is 3.46. The van der Waals surface area contributed by atoms with Crippen molar-refractivity contribution in [3.63, 3.8) is 0 Å². The van der Waals surface area contributed by atoms with Crippen molar-refractivity contribution in [3.05, 3.63) is 16.1 Å². The fourth-order valence-electron chi connectivity index (χ4n) is 2.19. The van der Waals surface area contributed by atoms with Gasteiger partial charge in [0.2, 0.25) is 0 Å². The van der Waals surface area contributed by atoms with Gasteiger partial charge >= 0.3 is 5.97 Å². The van der Waals surface area contributed by atoms with E-state index in [1.165, 1.54) is 0 Å². The molecule has 0 unspecified atom stereocenters. The van der Waals surface area contributed by atoms with Crippen LogP contribution in [-0.4, -0.2) is 34.0 Å². The van der Waals surface area contributed by atoms with Gasteiger partial charge in [0.1, 0.15) is 5.01 Å². The minimum Gasteiger partial charge on any atom is -0.481 e. The van der Waals surface area contributed by atoms with Gasteiger partial charge in [-0.15, -0.1) is 11.3 Å². The lowest BCUT2D eigenvalue weighted by Gasteiger charge is -2.29. The van der Waals surface area contributed by atoms with Crippen molar-refractivity contribution in [2.75, 3.05) is 13.1 Å². The maximum Gasteiger partial charge on any atom is 0.306 e. The molecule has 1 aromatic rings. The molecule has 1 saturated heterocycles. The van der Waals surface area contributed by atoms with Crippen molar-refractivity contribution >= 4 is 17.3 Å². The average molecular weight is 268 g/mol. The van der Waals surface area contributed by atoms with Crippen LogP contribution in [0.1, 0.15) is 43.3 Å². The minimum atomic E-state index is -0.647. The SMILES string of the molecule is CC(C)c1csc(CN2CCC(C(=O)O)CC2)n1. The summed E-state index contributed by atoms with van der Waals surface area (Å²) in [6.07, 6.45) is 1.52. The van der Waals surface area contributed by atoms with Gasteiger partial charge in [-0.3, -0.25) is 9.69 Å². The Kier molecular flexibility index (Phi) is 4.35. The first kappa shape index (κ1) is 13.5. The van der Waals surface area contributed by atoms with Crippen molar-refractivity contribution < 1.29 is 9.90 Å². The lowest BCUT2D eigenvalue weighted by atomic mass is 9.97. The molecule has 5 heteroatoms. The summed E-state index contributed by atoms with van der Waals surface area (Å²) >= 11 is 1.71. The van der Waals surface area contributed by atoms with Crippen LogP contribution >= 0.6 is 11.3 Å². The molecule has 1 aliphatic rings. The number of piperidine rings is 1. The Labute approximate surface area is 112 Å². The maximum atomic E-state index is 10.9. The van der Waals surface area contributed by atoms with Gasteiger partial charge in [-0.1, -0.05) is 13.8 Å². The number of aliphatic carboxylic acids is 1. The predicted molar refractivity (Wildman–Crippen MR) is 71.8 cm³/mol. The highest BCUT2D eigenvalue weighted by Gasteiger charge is 2.24. The van der Waals surface area contributed by atoms with E-state index in [1.54, 1.807) is 11.3 Å². The summed E-state index contributed by atoms with van der Waals surface area (Å²) in [5.41, 5.74) is 1.16. The smallest absolute Gasteiger partial charge is 0.306 e. The van der Waals surface area contributed by atoms with Crippen LogP contribution in [0.2, 0.25) is 0 Å². The second-order valence-electron chi connectivity index (χ2n) is 5.21. The maximum absolute atomic E-state index is 10.9. The van der Waals surface area contributed by atoms with Gasteiger partial charge in [-0.05, 0) is 31.8 Å². The number of thiazole rings is 1. The van der Waals surface area contributed by atoms with Crippen LogP contribution in [0.15, 0.2) is 5.38 Å². The zero-order valence-corrected chi connectivity index (χ0v) is 11.7. The van der Waals surface area contributed by atoms with Gasteiger partial charge in [0.05, 0.1) is 18.2 Å². The van der Waals surface area contributed by atoms with Crippen LogP contribution < -0.4 is 0 Å². The number of carboxylic acids is 1. The van der Waals surface area contributed by atoms with E-state index in [-0.39, 0.29) is 5.92 Å². The number of aromatic nitrogens is 1. The van der Waals surface area contributed by atoms with E-state index in [0.717, 1.165) is 43.2 Å². The molecule has 1 aliphatic heterocycles. The Morgan fingerprint density at radius 3 is 2.72 bits per heavy atom. The highest BCUT2D eigenvalue weighted by molar-refractivity contribution is 7.09. The molecule has 1 fully saturated rings. The Bertz CT molecular complexity index is 409. The molecule has 18 heavy (non-hydrogen) atoms. The van der Waals surface area contributed by atoms with E-state index in [0.29, 0.717) is 5.92 Å². The standard InChI is InChI=1S/C13H20N2O2S/c1-9(2)11-8-18-12(14-11)7-15-5-3-10(4-6-15)13(16)17/h8-10H,3-7H2,1-2H3,(H,16,17). The summed E-state index contributed by atoms with van der Waals surface area (Å²) in [6.45, 7) is 6.90. The Hall–Kier alpha value is -0.940. The number of hydrogen-bond acceptors (Lipinski definition) is 4. The number of carboxylic acid groups (broad SMARTS) is 1. The molecular formula is C13H20N2O2S. The first-order chi connectivity index (χ1) is 8.56. The molecule has 0 atom stereocenters. The second-order valence-corrected chi connectivity index (χ2v) is 6.15. The number of carbonyl (C=O) groups is 1. The van der Waals surface area contributed by atoms with E-state index < -0.39 is 5.97 Å². The highest BCUT2D eigenvalue weighted by atomic mass is 32.1. The van der Waals surface area contributed by atoms with Crippen molar-refractivity contribution in [1.29, 1.82) is 0 Å². The minimum absolute atomic E-state index is 0.149. The first-order valence-corrected chi connectivity index (χ1v) is 7.33. The molecule has 0 bridgehead atoms. The van der Waals surface area contributed by atoms with E-state index in [2.05, 4.69) is 29.1 Å². The van der Waals surface area contributed by atoms with Crippen LogP contribution in [-0.2, 0) is 11.3 Å². The molecular weight excluding hydrogens is 248 g/mol. The monoisotopic (exact) mass is 268 g/mol. The molecule has 0 spiro atoms. The molecule has 0 saturated carbocycles. The third kappa shape index (κ3) is 3.29. The normalized spacial score (nSPS) is 18.4. The van der Waals surface area contributed by atoms with E-state index in [4.69, 9.17) is 5.11 Å². The molecule has 100 valence electrons. The number of likely N-dealkylation sites (tertiary alicyclic amines) is 1. The fraction of sp³-hybridized carbons (Fsp3) is 0.692. The van der Waals surface area contributed by atoms with Crippen LogP contribution in [0.4, 0.5) is 0 Å². The molecule has 1 aromatic heterocycles. The molecule has 0 amide bonds. The van der Waals surface area contributed by atoms with E-state index >= 15 is 0 Å². The first-order valence-electron chi connectivity index (χ1n) is 6.45.